The number of ether oxygens (including phenoxy) is 5. The molecular weight excluding hydrogens is 965 g/mol. The molecule has 0 atom stereocenters. The number of rotatable bonds is 18. The van der Waals surface area contributed by atoms with Gasteiger partial charge in [-0.25, -0.2) is 24.0 Å². The minimum Gasteiger partial charge on any atom is -0.462 e. The van der Waals surface area contributed by atoms with Crippen LogP contribution in [0.1, 0.15) is 172 Å². The van der Waals surface area contributed by atoms with Crippen LogP contribution in [0.4, 0.5) is 0 Å². The van der Waals surface area contributed by atoms with E-state index in [0.717, 1.165) is 109 Å². The van der Waals surface area contributed by atoms with Crippen LogP contribution in [-0.2, 0) is 47.7 Å². The van der Waals surface area contributed by atoms with Crippen LogP contribution in [0.2, 0.25) is 0 Å². The van der Waals surface area contributed by atoms with E-state index in [9.17, 15) is 24.0 Å². The fraction of sp³-hybridized carbons (Fsp3) is 0.448. The van der Waals surface area contributed by atoms with Gasteiger partial charge in [0.15, 0.2) is 0 Å². The maximum atomic E-state index is 12.0. The number of allylic oxidation sites excluding steroid dienone is 10. The summed E-state index contributed by atoms with van der Waals surface area (Å²) in [6.07, 6.45) is 19.2. The van der Waals surface area contributed by atoms with Crippen LogP contribution in [-0.4, -0.2) is 62.9 Å². The van der Waals surface area contributed by atoms with Gasteiger partial charge in [-0.2, -0.15) is 0 Å². The monoisotopic (exact) mass is 1050 g/mol. The van der Waals surface area contributed by atoms with Gasteiger partial charge in [0.2, 0.25) is 0 Å². The molecule has 0 aliphatic heterocycles. The molecule has 10 nitrogen and oxygen atoms in total. The SMILES string of the molecule is CCOC(=O)C1=C(C)CC(CC)=C1.CCOC(=O)C1=C(CC)CC(C(C)C)=C1.CCOC(=O)C1=C(CC)CC(C)=C1.CCOC(=O)C1=C(CC)CC(c2ccccc2)=C1.CCOC(=O)C1=C(c2ccccc2)CC(CC)=C1. The van der Waals surface area contributed by atoms with Gasteiger partial charge in [-0.3, -0.25) is 0 Å². The van der Waals surface area contributed by atoms with E-state index in [0.29, 0.717) is 39.0 Å². The van der Waals surface area contributed by atoms with E-state index in [4.69, 9.17) is 23.7 Å². The van der Waals surface area contributed by atoms with Crippen LogP contribution in [0.25, 0.3) is 11.1 Å². The van der Waals surface area contributed by atoms with Crippen molar-refractivity contribution in [2.45, 2.75) is 161 Å². The maximum Gasteiger partial charge on any atom is 0.338 e. The zero-order valence-corrected chi connectivity index (χ0v) is 48.9. The van der Waals surface area contributed by atoms with E-state index >= 15 is 0 Å². The smallest absolute Gasteiger partial charge is 0.338 e. The molecule has 2 aromatic rings. The first kappa shape index (κ1) is 64.5. The summed E-state index contributed by atoms with van der Waals surface area (Å²) >= 11 is 0. The minimum absolute atomic E-state index is 0.162. The molecule has 0 saturated carbocycles. The van der Waals surface area contributed by atoms with Crippen molar-refractivity contribution in [2.75, 3.05) is 33.0 Å². The Morgan fingerprint density at radius 3 is 1.23 bits per heavy atom. The molecule has 0 amide bonds. The highest BCUT2D eigenvalue weighted by molar-refractivity contribution is 6.03. The van der Waals surface area contributed by atoms with Crippen LogP contribution in [0.15, 0.2) is 163 Å². The van der Waals surface area contributed by atoms with Gasteiger partial charge in [-0.15, -0.1) is 0 Å². The number of hydrogen-bond donors (Lipinski definition) is 0. The topological polar surface area (TPSA) is 132 Å². The molecule has 0 N–H and O–H groups in total. The van der Waals surface area contributed by atoms with Crippen LogP contribution >= 0.6 is 0 Å². The van der Waals surface area contributed by atoms with Gasteiger partial charge in [0, 0.05) is 0 Å². The highest BCUT2D eigenvalue weighted by Gasteiger charge is 2.25. The highest BCUT2D eigenvalue weighted by atomic mass is 16.5. The van der Waals surface area contributed by atoms with E-state index < -0.39 is 0 Å². The molecule has 10 heteroatoms. The normalized spacial score (nSPS) is 15.4. The van der Waals surface area contributed by atoms with Crippen molar-refractivity contribution in [1.82, 2.24) is 0 Å². The Kier molecular flexibility index (Phi) is 28.5. The molecule has 77 heavy (non-hydrogen) atoms. The zero-order chi connectivity index (χ0) is 57.0. The molecule has 416 valence electrons. The van der Waals surface area contributed by atoms with Crippen LogP contribution in [0.5, 0.6) is 0 Å². The van der Waals surface area contributed by atoms with Crippen molar-refractivity contribution in [2.24, 2.45) is 5.92 Å². The Balaban J connectivity index is 0.000000255. The molecule has 0 unspecified atom stereocenters. The molecule has 5 aliphatic carbocycles. The molecule has 0 radical (unpaired) electrons. The summed E-state index contributed by atoms with van der Waals surface area (Å²) in [5.41, 5.74) is 18.3. The molecule has 0 heterocycles. The van der Waals surface area contributed by atoms with Gasteiger partial charge in [-0.1, -0.05) is 154 Å². The lowest BCUT2D eigenvalue weighted by atomic mass is 10.00. The first-order valence-corrected chi connectivity index (χ1v) is 28.0. The van der Waals surface area contributed by atoms with Gasteiger partial charge in [0.05, 0.1) is 60.9 Å². The van der Waals surface area contributed by atoms with Crippen molar-refractivity contribution in [1.29, 1.82) is 0 Å². The van der Waals surface area contributed by atoms with Crippen molar-refractivity contribution in [3.8, 4) is 0 Å². The first-order valence-electron chi connectivity index (χ1n) is 28.0. The molecule has 0 fully saturated rings. The summed E-state index contributed by atoms with van der Waals surface area (Å²) in [7, 11) is 0. The largest absolute Gasteiger partial charge is 0.462 e. The quantitative estimate of drug-likeness (QED) is 0.105. The first-order chi connectivity index (χ1) is 37.0. The predicted octanol–water partition coefficient (Wildman–Crippen LogP) is 15.9. The third kappa shape index (κ3) is 19.6. The van der Waals surface area contributed by atoms with Crippen LogP contribution in [0, 0.1) is 5.92 Å². The number of carbonyl (C=O) groups is 5. The average Bonchev–Trinajstić information content (AvgIpc) is 4.30. The van der Waals surface area contributed by atoms with Gasteiger partial charge in [0.1, 0.15) is 0 Å². The summed E-state index contributed by atoms with van der Waals surface area (Å²) in [6, 6.07) is 20.2. The Morgan fingerprint density at radius 1 is 0.403 bits per heavy atom. The lowest BCUT2D eigenvalue weighted by Gasteiger charge is -2.07. The second-order valence-corrected chi connectivity index (χ2v) is 19.3. The summed E-state index contributed by atoms with van der Waals surface area (Å²) < 4.78 is 25.2. The fourth-order valence-corrected chi connectivity index (χ4v) is 9.22. The molecule has 2 aromatic carbocycles. The molecule has 0 bridgehead atoms. The second-order valence-electron chi connectivity index (χ2n) is 19.3. The zero-order valence-electron chi connectivity index (χ0n) is 48.9. The molecular formula is C67H88O10. The summed E-state index contributed by atoms with van der Waals surface area (Å²) in [6.45, 7) is 30.2. The number of esters is 5. The van der Waals surface area contributed by atoms with Gasteiger partial charge >= 0.3 is 29.8 Å². The molecule has 0 saturated heterocycles. The van der Waals surface area contributed by atoms with E-state index in [1.165, 1.54) is 50.1 Å². The fourth-order valence-electron chi connectivity index (χ4n) is 9.22. The van der Waals surface area contributed by atoms with Gasteiger partial charge < -0.3 is 23.7 Å². The summed E-state index contributed by atoms with van der Waals surface area (Å²) in [5.74, 6) is -0.400. The number of hydrogen-bond acceptors (Lipinski definition) is 10. The third-order valence-electron chi connectivity index (χ3n) is 13.5. The molecule has 0 aromatic heterocycles. The summed E-state index contributed by atoms with van der Waals surface area (Å²) in [4.78, 5) is 58.3. The average molecular weight is 1050 g/mol. The van der Waals surface area contributed by atoms with Crippen molar-refractivity contribution < 1.29 is 47.7 Å². The van der Waals surface area contributed by atoms with E-state index in [1.54, 1.807) is 0 Å². The van der Waals surface area contributed by atoms with E-state index in [-0.39, 0.29) is 29.8 Å². The molecule has 7 rings (SSSR count). The molecule has 5 aliphatic rings. The highest BCUT2D eigenvalue weighted by Crippen LogP contribution is 2.37. The van der Waals surface area contributed by atoms with Gasteiger partial charge in [0.25, 0.3) is 0 Å². The Labute approximate surface area is 461 Å². The van der Waals surface area contributed by atoms with E-state index in [2.05, 4.69) is 60.6 Å². The van der Waals surface area contributed by atoms with Crippen molar-refractivity contribution in [3.63, 3.8) is 0 Å². The van der Waals surface area contributed by atoms with Crippen molar-refractivity contribution in [3.05, 3.63) is 175 Å². The van der Waals surface area contributed by atoms with Crippen LogP contribution < -0.4 is 0 Å². The minimum atomic E-state index is -0.209. The third-order valence-corrected chi connectivity index (χ3v) is 13.5. The standard InChI is InChI=1S/2C16H18O2.C13H20O2.2C11H16O2/c1-3-12-10-14(13-8-6-5-7-9-13)11-15(12)16(17)18-4-2;1-3-12-10-14(13-8-6-5-7-9-13)15(11-12)16(17)18-4-2;1-5-10-7-11(9(3)4)8-12(10)13(14)15-6-2;1-4-9-6-8(3)10(7-9)11(12)13-5-2;1-4-9-6-8(3)7-10(9)11(12)13-5-2/h2*5-9,11H,3-4,10H2,1-2H3;8-9H,5-7H2,1-4H3;2*7H,4-6H2,1-3H3. The predicted molar refractivity (Wildman–Crippen MR) is 312 cm³/mol. The Hall–Kier alpha value is -6.81. The lowest BCUT2D eigenvalue weighted by Crippen LogP contribution is -2.06. The van der Waals surface area contributed by atoms with Crippen molar-refractivity contribution >= 4 is 41.0 Å². The lowest BCUT2D eigenvalue weighted by molar-refractivity contribution is -0.139. The van der Waals surface area contributed by atoms with E-state index in [1.807, 2.05) is 127 Å². The molecule has 0 spiro atoms. The second kappa shape index (κ2) is 34.1. The number of benzene rings is 2. The van der Waals surface area contributed by atoms with Crippen LogP contribution in [0.3, 0.4) is 0 Å². The number of carbonyl (C=O) groups excluding carboxylic acids is 5. The Morgan fingerprint density at radius 2 is 0.792 bits per heavy atom. The maximum absolute atomic E-state index is 12.0. The Bertz CT molecular complexity index is 2690. The summed E-state index contributed by atoms with van der Waals surface area (Å²) in [5, 5.41) is 0. The van der Waals surface area contributed by atoms with Gasteiger partial charge in [-0.05, 0) is 171 Å².